The monoisotopic (exact) mass is 200 g/mol. The quantitative estimate of drug-likeness (QED) is 0.553. The number of esters is 1. The Morgan fingerprint density at radius 1 is 1.43 bits per heavy atom. The molecule has 0 aliphatic carbocycles. The van der Waals surface area contributed by atoms with Gasteiger partial charge in [0.15, 0.2) is 11.6 Å². The first kappa shape index (κ1) is 10.6. The number of rotatable bonds is 3. The van der Waals surface area contributed by atoms with Crippen molar-refractivity contribution in [3.05, 3.63) is 29.8 Å². The Bertz CT molecular complexity index is 337. The Labute approximate surface area is 80.5 Å². The van der Waals surface area contributed by atoms with Gasteiger partial charge in [-0.3, -0.25) is 4.79 Å². The van der Waals surface area contributed by atoms with Crippen LogP contribution < -0.4 is 4.74 Å². The summed E-state index contributed by atoms with van der Waals surface area (Å²) in [4.78, 5) is 11.0. The average Bonchev–Trinajstić information content (AvgIpc) is 2.13. The molecule has 4 heteroatoms. The fourth-order valence-corrected chi connectivity index (χ4v) is 0.941. The van der Waals surface area contributed by atoms with Gasteiger partial charge >= 0.3 is 5.97 Å². The molecule has 0 spiro atoms. The van der Waals surface area contributed by atoms with Crippen LogP contribution in [0.5, 0.6) is 5.75 Å². The van der Waals surface area contributed by atoms with Gasteiger partial charge in [0.2, 0.25) is 5.82 Å². The molecule has 14 heavy (non-hydrogen) atoms. The fraction of sp³-hybridized carbons (Fsp3) is 0.300. The van der Waals surface area contributed by atoms with Gasteiger partial charge in [-0.15, -0.1) is 0 Å². The number of benzene rings is 1. The lowest BCUT2D eigenvalue weighted by Gasteiger charge is -2.04. The van der Waals surface area contributed by atoms with Crippen molar-refractivity contribution in [3.8, 4) is 5.75 Å². The molecule has 0 saturated carbocycles. The van der Waals surface area contributed by atoms with Gasteiger partial charge in [0.25, 0.3) is 0 Å². The van der Waals surface area contributed by atoms with Crippen LogP contribution >= 0.6 is 0 Å². The van der Waals surface area contributed by atoms with Gasteiger partial charge < -0.3 is 4.74 Å². The minimum absolute atomic E-state index is 0.190. The van der Waals surface area contributed by atoms with Gasteiger partial charge in [-0.1, -0.05) is 13.0 Å². The smallest absolute Gasteiger partial charge is 0.311 e. The van der Waals surface area contributed by atoms with E-state index in [0.29, 0.717) is 6.42 Å². The standard InChI is InChI=1S/C10H10F2O2/c1-2-4-9(13)14-8-6-3-5-7(11)10(8)12/h3,5-6H,2,4H2,1H3. The van der Waals surface area contributed by atoms with Crippen molar-refractivity contribution in [2.24, 2.45) is 0 Å². The molecular weight excluding hydrogens is 190 g/mol. The topological polar surface area (TPSA) is 26.3 Å². The minimum atomic E-state index is -1.13. The Morgan fingerprint density at radius 3 is 2.79 bits per heavy atom. The Kier molecular flexibility index (Phi) is 3.56. The number of carbonyl (C=O) groups is 1. The van der Waals surface area contributed by atoms with Crippen LogP contribution in [0.25, 0.3) is 0 Å². The molecule has 76 valence electrons. The highest BCUT2D eigenvalue weighted by atomic mass is 19.2. The van der Waals surface area contributed by atoms with Crippen molar-refractivity contribution in [2.45, 2.75) is 19.8 Å². The van der Waals surface area contributed by atoms with Crippen LogP contribution in [0.15, 0.2) is 18.2 Å². The van der Waals surface area contributed by atoms with Crippen LogP contribution in [0.1, 0.15) is 19.8 Å². The third-order valence-electron chi connectivity index (χ3n) is 1.59. The summed E-state index contributed by atoms with van der Waals surface area (Å²) in [6, 6.07) is 3.46. The lowest BCUT2D eigenvalue weighted by Crippen LogP contribution is -2.08. The van der Waals surface area contributed by atoms with Crippen LogP contribution in [0.4, 0.5) is 8.78 Å². The van der Waals surface area contributed by atoms with E-state index >= 15 is 0 Å². The molecular formula is C10H10F2O2. The van der Waals surface area contributed by atoms with Gasteiger partial charge in [-0.25, -0.2) is 4.39 Å². The highest BCUT2D eigenvalue weighted by Crippen LogP contribution is 2.19. The van der Waals surface area contributed by atoms with E-state index in [1.54, 1.807) is 6.92 Å². The van der Waals surface area contributed by atoms with Crippen molar-refractivity contribution < 1.29 is 18.3 Å². The van der Waals surface area contributed by atoms with Gasteiger partial charge in [-0.2, -0.15) is 4.39 Å². The summed E-state index contributed by atoms with van der Waals surface area (Å²) in [5.41, 5.74) is 0. The number of hydrogen-bond donors (Lipinski definition) is 0. The predicted molar refractivity (Wildman–Crippen MR) is 46.9 cm³/mol. The van der Waals surface area contributed by atoms with Crippen LogP contribution in [0.2, 0.25) is 0 Å². The molecule has 0 aliphatic rings. The Hall–Kier alpha value is -1.45. The molecule has 0 bridgehead atoms. The molecule has 1 rings (SSSR count). The molecule has 0 amide bonds. The predicted octanol–water partition coefficient (Wildman–Crippen LogP) is 2.67. The SMILES string of the molecule is CCCC(=O)Oc1cccc(F)c1F. The number of hydrogen-bond acceptors (Lipinski definition) is 2. The zero-order valence-electron chi connectivity index (χ0n) is 7.72. The summed E-state index contributed by atoms with van der Waals surface area (Å²) in [6.45, 7) is 1.79. The zero-order valence-corrected chi connectivity index (χ0v) is 7.72. The fourth-order valence-electron chi connectivity index (χ4n) is 0.941. The van der Waals surface area contributed by atoms with E-state index in [-0.39, 0.29) is 12.2 Å². The van der Waals surface area contributed by atoms with Crippen molar-refractivity contribution in [3.63, 3.8) is 0 Å². The zero-order chi connectivity index (χ0) is 10.6. The largest absolute Gasteiger partial charge is 0.423 e. The van der Waals surface area contributed by atoms with Crippen LogP contribution in [-0.4, -0.2) is 5.97 Å². The summed E-state index contributed by atoms with van der Waals surface area (Å²) >= 11 is 0. The minimum Gasteiger partial charge on any atom is -0.423 e. The van der Waals surface area contributed by atoms with E-state index in [9.17, 15) is 13.6 Å². The lowest BCUT2D eigenvalue weighted by atomic mass is 10.3. The summed E-state index contributed by atoms with van der Waals surface area (Å²) in [6.07, 6.45) is 0.797. The first-order valence-electron chi connectivity index (χ1n) is 4.30. The lowest BCUT2D eigenvalue weighted by molar-refractivity contribution is -0.134. The van der Waals surface area contributed by atoms with Crippen LogP contribution in [-0.2, 0) is 4.79 Å². The van der Waals surface area contributed by atoms with Gasteiger partial charge in [0, 0.05) is 6.42 Å². The molecule has 0 atom stereocenters. The van der Waals surface area contributed by atoms with Crippen molar-refractivity contribution in [1.29, 1.82) is 0 Å². The molecule has 0 N–H and O–H groups in total. The summed E-state index contributed by atoms with van der Waals surface area (Å²) in [5, 5.41) is 0. The second-order valence-electron chi connectivity index (χ2n) is 2.78. The van der Waals surface area contributed by atoms with Crippen LogP contribution in [0.3, 0.4) is 0 Å². The molecule has 0 heterocycles. The molecule has 0 saturated heterocycles. The van der Waals surface area contributed by atoms with Crippen molar-refractivity contribution in [1.82, 2.24) is 0 Å². The number of ether oxygens (including phenoxy) is 1. The average molecular weight is 200 g/mol. The summed E-state index contributed by atoms with van der Waals surface area (Å²) in [5.74, 6) is -3.07. The summed E-state index contributed by atoms with van der Waals surface area (Å²) < 4.78 is 30.2. The maximum atomic E-state index is 13.0. The molecule has 1 aromatic carbocycles. The maximum absolute atomic E-state index is 13.0. The molecule has 0 aliphatic heterocycles. The molecule has 1 aromatic rings. The Morgan fingerprint density at radius 2 is 2.14 bits per heavy atom. The Balaban J connectivity index is 2.76. The maximum Gasteiger partial charge on any atom is 0.311 e. The second-order valence-corrected chi connectivity index (χ2v) is 2.78. The third kappa shape index (κ3) is 2.52. The number of halogens is 2. The highest BCUT2D eigenvalue weighted by Gasteiger charge is 2.11. The summed E-state index contributed by atoms with van der Waals surface area (Å²) in [7, 11) is 0. The van der Waals surface area contributed by atoms with E-state index in [2.05, 4.69) is 4.74 Å². The van der Waals surface area contributed by atoms with E-state index in [0.717, 1.165) is 6.07 Å². The van der Waals surface area contributed by atoms with E-state index < -0.39 is 17.6 Å². The first-order chi connectivity index (χ1) is 6.65. The van der Waals surface area contributed by atoms with Crippen molar-refractivity contribution in [2.75, 3.05) is 0 Å². The highest BCUT2D eigenvalue weighted by molar-refractivity contribution is 5.72. The van der Waals surface area contributed by atoms with Gasteiger partial charge in [0.1, 0.15) is 0 Å². The van der Waals surface area contributed by atoms with E-state index in [1.165, 1.54) is 12.1 Å². The molecule has 0 unspecified atom stereocenters. The first-order valence-corrected chi connectivity index (χ1v) is 4.30. The van der Waals surface area contributed by atoms with E-state index in [4.69, 9.17) is 0 Å². The molecule has 2 nitrogen and oxygen atoms in total. The number of carbonyl (C=O) groups excluding carboxylic acids is 1. The third-order valence-corrected chi connectivity index (χ3v) is 1.59. The van der Waals surface area contributed by atoms with Crippen molar-refractivity contribution >= 4 is 5.97 Å². The molecule has 0 aromatic heterocycles. The van der Waals surface area contributed by atoms with Gasteiger partial charge in [0.05, 0.1) is 0 Å². The van der Waals surface area contributed by atoms with Gasteiger partial charge in [-0.05, 0) is 18.6 Å². The molecule has 0 fully saturated rings. The van der Waals surface area contributed by atoms with Crippen LogP contribution in [0, 0.1) is 11.6 Å². The normalized spacial score (nSPS) is 9.93. The van der Waals surface area contributed by atoms with E-state index in [1.807, 2.05) is 0 Å². The molecule has 0 radical (unpaired) electrons. The second kappa shape index (κ2) is 4.69.